The van der Waals surface area contributed by atoms with Crippen LogP contribution in [0.5, 0.6) is 0 Å². The Kier molecular flexibility index (Phi) is 7.45. The molecule has 0 aromatic carbocycles. The van der Waals surface area contributed by atoms with Crippen molar-refractivity contribution in [1.29, 1.82) is 0 Å². The Morgan fingerprint density at radius 3 is 2.33 bits per heavy atom. The van der Waals surface area contributed by atoms with Crippen LogP contribution < -0.4 is 10.6 Å². The minimum atomic E-state index is -1.44. The summed E-state index contributed by atoms with van der Waals surface area (Å²) in [6.45, 7) is 2.60. The van der Waals surface area contributed by atoms with E-state index in [9.17, 15) is 14.4 Å². The van der Waals surface area contributed by atoms with Crippen molar-refractivity contribution < 1.29 is 29.3 Å². The smallest absolute Gasteiger partial charge is 0.326 e. The Bertz CT molecular complexity index is 307. The number of ether oxygens (including phenoxy) is 1. The van der Waals surface area contributed by atoms with Crippen molar-refractivity contribution in [3.05, 3.63) is 0 Å². The summed E-state index contributed by atoms with van der Waals surface area (Å²) in [6.07, 6.45) is -0.670. The first-order chi connectivity index (χ1) is 8.36. The molecule has 0 saturated carbocycles. The fourth-order valence-corrected chi connectivity index (χ4v) is 1.19. The lowest BCUT2D eigenvalue weighted by Crippen LogP contribution is -2.48. The first kappa shape index (κ1) is 16.2. The van der Waals surface area contributed by atoms with Gasteiger partial charge in [-0.25, -0.2) is 9.59 Å². The topological polar surface area (TPSA) is 125 Å². The van der Waals surface area contributed by atoms with E-state index in [2.05, 4.69) is 10.6 Å². The van der Waals surface area contributed by atoms with Gasteiger partial charge in [0, 0.05) is 13.7 Å². The number of carbonyl (C=O) groups excluding carboxylic acids is 1. The largest absolute Gasteiger partial charge is 0.481 e. The van der Waals surface area contributed by atoms with E-state index in [0.29, 0.717) is 13.2 Å². The number of hydrogen-bond donors (Lipinski definition) is 4. The molecule has 4 N–H and O–H groups in total. The zero-order chi connectivity index (χ0) is 14.1. The van der Waals surface area contributed by atoms with Gasteiger partial charge in [-0.3, -0.25) is 4.79 Å². The monoisotopic (exact) mass is 262 g/mol. The van der Waals surface area contributed by atoms with Crippen LogP contribution in [-0.4, -0.2) is 54.5 Å². The first-order valence-electron chi connectivity index (χ1n) is 5.34. The molecule has 2 atom stereocenters. The van der Waals surface area contributed by atoms with E-state index >= 15 is 0 Å². The molecule has 0 aliphatic carbocycles. The van der Waals surface area contributed by atoms with Crippen LogP contribution in [0.1, 0.15) is 13.3 Å². The number of nitrogens with one attached hydrogen (secondary N) is 2. The Morgan fingerprint density at radius 2 is 1.89 bits per heavy atom. The Labute approximate surface area is 104 Å². The average Bonchev–Trinajstić information content (AvgIpc) is 2.25. The predicted molar refractivity (Wildman–Crippen MR) is 61.3 cm³/mol. The quantitative estimate of drug-likeness (QED) is 0.467. The second-order valence-electron chi connectivity index (χ2n) is 3.90. The number of urea groups is 1. The predicted octanol–water partition coefficient (Wildman–Crippen LogP) is -0.504. The van der Waals surface area contributed by atoms with Gasteiger partial charge in [-0.1, -0.05) is 6.92 Å². The number of amides is 2. The van der Waals surface area contributed by atoms with Crippen LogP contribution in [0.3, 0.4) is 0 Å². The summed E-state index contributed by atoms with van der Waals surface area (Å²) in [5.41, 5.74) is 0. The number of rotatable bonds is 8. The molecule has 0 aromatic rings. The molecule has 0 radical (unpaired) electrons. The summed E-state index contributed by atoms with van der Waals surface area (Å²) in [5, 5.41) is 21.7. The minimum absolute atomic E-state index is 0.0727. The molecule has 104 valence electrons. The fraction of sp³-hybridized carbons (Fsp3) is 0.700. The second-order valence-corrected chi connectivity index (χ2v) is 3.90. The van der Waals surface area contributed by atoms with Gasteiger partial charge < -0.3 is 25.6 Å². The lowest BCUT2D eigenvalue weighted by Gasteiger charge is -2.15. The molecule has 1 unspecified atom stereocenters. The van der Waals surface area contributed by atoms with Crippen molar-refractivity contribution >= 4 is 18.0 Å². The van der Waals surface area contributed by atoms with Crippen molar-refractivity contribution in [2.75, 3.05) is 20.3 Å². The van der Waals surface area contributed by atoms with E-state index < -0.39 is 30.4 Å². The maximum atomic E-state index is 11.3. The van der Waals surface area contributed by atoms with E-state index in [1.807, 2.05) is 6.92 Å². The minimum Gasteiger partial charge on any atom is -0.481 e. The summed E-state index contributed by atoms with van der Waals surface area (Å²) in [5.74, 6) is -2.61. The Hall–Kier alpha value is -1.83. The van der Waals surface area contributed by atoms with E-state index in [1.165, 1.54) is 7.11 Å². The standard InChI is InChI=1S/C10H18N2O6/c1-6(5-18-2)4-11-10(17)12-7(9(15)16)3-8(13)14/h6-7H,3-5H2,1-2H3,(H,13,14)(H,15,16)(H2,11,12,17)/t6?,7-/m0/s1. The van der Waals surface area contributed by atoms with Gasteiger partial charge in [-0.15, -0.1) is 0 Å². The van der Waals surface area contributed by atoms with Gasteiger partial charge in [0.05, 0.1) is 13.0 Å². The van der Waals surface area contributed by atoms with Crippen molar-refractivity contribution in [1.82, 2.24) is 10.6 Å². The summed E-state index contributed by atoms with van der Waals surface area (Å²) < 4.78 is 4.86. The molecule has 0 heterocycles. The first-order valence-corrected chi connectivity index (χ1v) is 5.34. The normalized spacial score (nSPS) is 13.4. The number of carboxylic acid groups (broad SMARTS) is 2. The van der Waals surface area contributed by atoms with Crippen molar-refractivity contribution in [3.63, 3.8) is 0 Å². The number of methoxy groups -OCH3 is 1. The number of carbonyl (C=O) groups is 3. The lowest BCUT2D eigenvalue weighted by molar-refractivity contribution is -0.145. The second kappa shape index (κ2) is 8.29. The van der Waals surface area contributed by atoms with Gasteiger partial charge >= 0.3 is 18.0 Å². The molecule has 0 spiro atoms. The molecule has 0 aliphatic heterocycles. The van der Waals surface area contributed by atoms with E-state index in [1.54, 1.807) is 0 Å². The Balaban J connectivity index is 4.10. The number of carboxylic acids is 2. The van der Waals surface area contributed by atoms with Gasteiger partial charge in [0.25, 0.3) is 0 Å². The van der Waals surface area contributed by atoms with E-state index in [0.717, 1.165) is 0 Å². The summed E-state index contributed by atoms with van der Waals surface area (Å²) in [4.78, 5) is 32.4. The lowest BCUT2D eigenvalue weighted by atomic mass is 10.2. The van der Waals surface area contributed by atoms with E-state index in [4.69, 9.17) is 14.9 Å². The van der Waals surface area contributed by atoms with Crippen LogP contribution >= 0.6 is 0 Å². The molecular weight excluding hydrogens is 244 g/mol. The average molecular weight is 262 g/mol. The van der Waals surface area contributed by atoms with Crippen LogP contribution in [-0.2, 0) is 14.3 Å². The highest BCUT2D eigenvalue weighted by molar-refractivity contribution is 5.86. The third-order valence-corrected chi connectivity index (χ3v) is 2.04. The van der Waals surface area contributed by atoms with Gasteiger partial charge in [0.15, 0.2) is 0 Å². The maximum Gasteiger partial charge on any atom is 0.326 e. The molecule has 2 amide bonds. The zero-order valence-corrected chi connectivity index (χ0v) is 10.3. The van der Waals surface area contributed by atoms with Crippen molar-refractivity contribution in [2.45, 2.75) is 19.4 Å². The van der Waals surface area contributed by atoms with Crippen LogP contribution in [0, 0.1) is 5.92 Å². The highest BCUT2D eigenvalue weighted by Crippen LogP contribution is 1.94. The number of hydrogen-bond acceptors (Lipinski definition) is 4. The van der Waals surface area contributed by atoms with Gasteiger partial charge in [0.1, 0.15) is 6.04 Å². The zero-order valence-electron chi connectivity index (χ0n) is 10.3. The Morgan fingerprint density at radius 1 is 1.28 bits per heavy atom. The molecular formula is C10H18N2O6. The summed E-state index contributed by atoms with van der Waals surface area (Å²) >= 11 is 0. The highest BCUT2D eigenvalue weighted by atomic mass is 16.5. The molecule has 0 bridgehead atoms. The maximum absolute atomic E-state index is 11.3. The molecule has 0 fully saturated rings. The van der Waals surface area contributed by atoms with Crippen molar-refractivity contribution in [3.8, 4) is 0 Å². The SMILES string of the molecule is COCC(C)CNC(=O)N[C@@H](CC(=O)O)C(=O)O. The van der Waals surface area contributed by atoms with Crippen LogP contribution in [0.2, 0.25) is 0 Å². The highest BCUT2D eigenvalue weighted by Gasteiger charge is 2.22. The molecule has 0 saturated heterocycles. The third kappa shape index (κ3) is 7.44. The van der Waals surface area contributed by atoms with Gasteiger partial charge in [-0.05, 0) is 5.92 Å². The van der Waals surface area contributed by atoms with Crippen LogP contribution in [0.15, 0.2) is 0 Å². The van der Waals surface area contributed by atoms with Crippen LogP contribution in [0.4, 0.5) is 4.79 Å². The van der Waals surface area contributed by atoms with Gasteiger partial charge in [0.2, 0.25) is 0 Å². The molecule has 0 rings (SSSR count). The van der Waals surface area contributed by atoms with Crippen molar-refractivity contribution in [2.24, 2.45) is 5.92 Å². The molecule has 18 heavy (non-hydrogen) atoms. The number of aliphatic carboxylic acids is 2. The molecule has 0 aliphatic rings. The van der Waals surface area contributed by atoms with Gasteiger partial charge in [-0.2, -0.15) is 0 Å². The summed E-state index contributed by atoms with van der Waals surface area (Å²) in [6, 6.07) is -2.16. The fourth-order valence-electron chi connectivity index (χ4n) is 1.19. The molecule has 0 aromatic heterocycles. The molecule has 8 heteroatoms. The van der Waals surface area contributed by atoms with E-state index in [-0.39, 0.29) is 5.92 Å². The third-order valence-electron chi connectivity index (χ3n) is 2.04. The molecule has 8 nitrogen and oxygen atoms in total. The van der Waals surface area contributed by atoms with Crippen LogP contribution in [0.25, 0.3) is 0 Å². The summed E-state index contributed by atoms with van der Waals surface area (Å²) in [7, 11) is 1.53.